The molecule has 0 aliphatic carbocycles. The fourth-order valence-corrected chi connectivity index (χ4v) is 2.54. The maximum absolute atomic E-state index is 6.39. The van der Waals surface area contributed by atoms with E-state index in [1.54, 1.807) is 10.9 Å². The molecule has 1 aromatic heterocycles. The summed E-state index contributed by atoms with van der Waals surface area (Å²) in [5, 5.41) is 13.2. The Kier molecular flexibility index (Phi) is 6.38. The first-order chi connectivity index (χ1) is 11.0. The van der Waals surface area contributed by atoms with Gasteiger partial charge >= 0.3 is 0 Å². The lowest BCUT2D eigenvalue weighted by Gasteiger charge is -2.04. The molecule has 0 aliphatic rings. The van der Waals surface area contributed by atoms with Crippen molar-refractivity contribution in [3.8, 4) is 0 Å². The lowest BCUT2D eigenvalue weighted by Crippen LogP contribution is -2.31. The molecule has 0 amide bonds. The summed E-state index contributed by atoms with van der Waals surface area (Å²) in [6.45, 7) is 5.14. The van der Waals surface area contributed by atoms with Gasteiger partial charge in [0, 0.05) is 11.6 Å². The zero-order chi connectivity index (χ0) is 16.8. The van der Waals surface area contributed by atoms with Crippen molar-refractivity contribution in [3.63, 3.8) is 0 Å². The fourth-order valence-electron chi connectivity index (χ4n) is 1.94. The molecule has 2 rings (SSSR count). The molecule has 0 radical (unpaired) electrons. The highest BCUT2D eigenvalue weighted by molar-refractivity contribution is 7.80. The van der Waals surface area contributed by atoms with Gasteiger partial charge in [-0.1, -0.05) is 35.3 Å². The Hall–Kier alpha value is -1.63. The Morgan fingerprint density at radius 1 is 1.35 bits per heavy atom. The predicted molar refractivity (Wildman–Crippen MR) is 99.5 cm³/mol. The van der Waals surface area contributed by atoms with Crippen LogP contribution in [0.2, 0.25) is 10.2 Å². The van der Waals surface area contributed by atoms with Crippen molar-refractivity contribution >= 4 is 46.7 Å². The Morgan fingerprint density at radius 2 is 2.04 bits per heavy atom. The van der Waals surface area contributed by atoms with Gasteiger partial charge in [-0.2, -0.15) is 10.2 Å². The highest BCUT2D eigenvalue weighted by atomic mass is 35.5. The number of benzene rings is 1. The maximum atomic E-state index is 6.39. The number of thiocarbonyl (C=S) groups is 1. The second kappa shape index (κ2) is 8.29. The Labute approximate surface area is 150 Å². The van der Waals surface area contributed by atoms with E-state index in [1.165, 1.54) is 0 Å². The van der Waals surface area contributed by atoms with Crippen LogP contribution in [0.4, 0.5) is 0 Å². The van der Waals surface area contributed by atoms with Crippen LogP contribution in [-0.4, -0.2) is 27.7 Å². The number of nitrogens with zero attached hydrogens (tertiary/aromatic N) is 3. The molecule has 2 N–H and O–H groups in total. The number of rotatable bonds is 5. The van der Waals surface area contributed by atoms with Gasteiger partial charge in [0.2, 0.25) is 0 Å². The summed E-state index contributed by atoms with van der Waals surface area (Å²) in [4.78, 5) is 0. The van der Waals surface area contributed by atoms with E-state index in [4.69, 9.17) is 35.4 Å². The number of halogens is 2. The molecular formula is C15H17Cl2N5S. The van der Waals surface area contributed by atoms with Crippen molar-refractivity contribution < 1.29 is 0 Å². The summed E-state index contributed by atoms with van der Waals surface area (Å²) in [6, 6.07) is 7.57. The van der Waals surface area contributed by atoms with E-state index in [1.807, 2.05) is 38.1 Å². The van der Waals surface area contributed by atoms with Gasteiger partial charge in [-0.25, -0.2) is 4.68 Å². The third kappa shape index (κ3) is 4.92. The Balaban J connectivity index is 2.11. The monoisotopic (exact) mass is 369 g/mol. The van der Waals surface area contributed by atoms with Crippen molar-refractivity contribution in [2.75, 3.05) is 6.54 Å². The van der Waals surface area contributed by atoms with Crippen LogP contribution in [0.25, 0.3) is 0 Å². The standard InChI is InChI=1S/C15H17Cl2N5S/c1-3-18-15(23)20-19-8-13-10(2)21-22(14(13)17)9-11-4-6-12(16)7-5-11/h4-8H,3,9H2,1-2H3,(H2,18,20,23). The molecule has 0 bridgehead atoms. The molecular weight excluding hydrogens is 353 g/mol. The third-order valence-electron chi connectivity index (χ3n) is 3.05. The maximum Gasteiger partial charge on any atom is 0.186 e. The molecule has 5 nitrogen and oxygen atoms in total. The molecule has 0 aliphatic heterocycles. The topological polar surface area (TPSA) is 54.2 Å². The first kappa shape index (κ1) is 17.7. The minimum atomic E-state index is 0.464. The summed E-state index contributed by atoms with van der Waals surface area (Å²) in [5.74, 6) is 0. The van der Waals surface area contributed by atoms with Crippen LogP contribution < -0.4 is 10.7 Å². The minimum Gasteiger partial charge on any atom is -0.362 e. The van der Waals surface area contributed by atoms with Crippen LogP contribution in [0.1, 0.15) is 23.7 Å². The molecule has 8 heteroatoms. The van der Waals surface area contributed by atoms with E-state index in [2.05, 4.69) is 20.9 Å². The number of hydrazone groups is 1. The number of hydrogen-bond acceptors (Lipinski definition) is 3. The second-order valence-electron chi connectivity index (χ2n) is 4.80. The molecule has 2 aromatic rings. The highest BCUT2D eigenvalue weighted by Crippen LogP contribution is 2.19. The summed E-state index contributed by atoms with van der Waals surface area (Å²) >= 11 is 17.3. The normalized spacial score (nSPS) is 11.0. The number of aromatic nitrogens is 2. The van der Waals surface area contributed by atoms with E-state index in [9.17, 15) is 0 Å². The number of nitrogens with one attached hydrogen (secondary N) is 2. The fraction of sp³-hybridized carbons (Fsp3) is 0.267. The van der Waals surface area contributed by atoms with E-state index in [0.29, 0.717) is 21.8 Å². The summed E-state index contributed by atoms with van der Waals surface area (Å²) in [7, 11) is 0. The van der Waals surface area contributed by atoms with Gasteiger partial charge in [0.1, 0.15) is 5.15 Å². The van der Waals surface area contributed by atoms with Crippen LogP contribution in [0, 0.1) is 6.92 Å². The average molecular weight is 370 g/mol. The summed E-state index contributed by atoms with van der Waals surface area (Å²) in [6.07, 6.45) is 1.62. The second-order valence-corrected chi connectivity index (χ2v) is 6.01. The third-order valence-corrected chi connectivity index (χ3v) is 3.94. The first-order valence-corrected chi connectivity index (χ1v) is 8.22. The quantitative estimate of drug-likeness (QED) is 0.482. The van der Waals surface area contributed by atoms with E-state index in [0.717, 1.165) is 23.4 Å². The molecule has 0 saturated carbocycles. The summed E-state index contributed by atoms with van der Waals surface area (Å²) < 4.78 is 1.73. The van der Waals surface area contributed by atoms with Gasteiger partial charge in [-0.15, -0.1) is 0 Å². The lowest BCUT2D eigenvalue weighted by molar-refractivity contribution is 0.680. The van der Waals surface area contributed by atoms with E-state index >= 15 is 0 Å². The van der Waals surface area contributed by atoms with E-state index < -0.39 is 0 Å². The summed E-state index contributed by atoms with van der Waals surface area (Å²) in [5.41, 5.74) is 5.35. The largest absolute Gasteiger partial charge is 0.362 e. The number of aryl methyl sites for hydroxylation is 1. The van der Waals surface area contributed by atoms with Gasteiger partial charge in [0.25, 0.3) is 0 Å². The molecule has 1 heterocycles. The van der Waals surface area contributed by atoms with Gasteiger partial charge in [0.05, 0.1) is 24.0 Å². The van der Waals surface area contributed by atoms with Gasteiger partial charge < -0.3 is 5.32 Å². The van der Waals surface area contributed by atoms with Gasteiger partial charge in [0.15, 0.2) is 5.11 Å². The zero-order valence-electron chi connectivity index (χ0n) is 12.8. The van der Waals surface area contributed by atoms with E-state index in [-0.39, 0.29) is 0 Å². The van der Waals surface area contributed by atoms with Crippen LogP contribution in [0.3, 0.4) is 0 Å². The van der Waals surface area contributed by atoms with Crippen molar-refractivity contribution in [2.24, 2.45) is 5.10 Å². The smallest absolute Gasteiger partial charge is 0.186 e. The molecule has 0 spiro atoms. The van der Waals surface area contributed by atoms with Crippen LogP contribution in [0.5, 0.6) is 0 Å². The predicted octanol–water partition coefficient (Wildman–Crippen LogP) is 3.36. The molecule has 0 saturated heterocycles. The van der Waals surface area contributed by atoms with Crippen LogP contribution in [-0.2, 0) is 6.54 Å². The van der Waals surface area contributed by atoms with Crippen molar-refractivity contribution in [3.05, 3.63) is 51.3 Å². The molecule has 1 aromatic carbocycles. The molecule has 0 unspecified atom stereocenters. The van der Waals surface area contributed by atoms with Crippen LogP contribution >= 0.6 is 35.4 Å². The molecule has 23 heavy (non-hydrogen) atoms. The molecule has 0 fully saturated rings. The highest BCUT2D eigenvalue weighted by Gasteiger charge is 2.12. The molecule has 0 atom stereocenters. The minimum absolute atomic E-state index is 0.464. The number of hydrogen-bond donors (Lipinski definition) is 2. The van der Waals surface area contributed by atoms with Crippen LogP contribution in [0.15, 0.2) is 29.4 Å². The van der Waals surface area contributed by atoms with Gasteiger partial charge in [-0.3, -0.25) is 5.43 Å². The first-order valence-electron chi connectivity index (χ1n) is 7.05. The van der Waals surface area contributed by atoms with Crippen molar-refractivity contribution in [2.45, 2.75) is 20.4 Å². The Morgan fingerprint density at radius 3 is 2.70 bits per heavy atom. The lowest BCUT2D eigenvalue weighted by atomic mass is 10.2. The van der Waals surface area contributed by atoms with Gasteiger partial charge in [-0.05, 0) is 43.8 Å². The van der Waals surface area contributed by atoms with Crippen molar-refractivity contribution in [1.82, 2.24) is 20.5 Å². The Bertz CT molecular complexity index is 709. The zero-order valence-corrected chi connectivity index (χ0v) is 15.1. The SMILES string of the molecule is CCNC(=S)NN=Cc1c(C)nn(Cc2ccc(Cl)cc2)c1Cl. The van der Waals surface area contributed by atoms with Crippen molar-refractivity contribution in [1.29, 1.82) is 0 Å². The average Bonchev–Trinajstić information content (AvgIpc) is 2.77. The molecule has 122 valence electrons.